The Hall–Kier alpha value is -3.74. The van der Waals surface area contributed by atoms with E-state index in [9.17, 15) is 9.59 Å². The van der Waals surface area contributed by atoms with Crippen LogP contribution in [0.2, 0.25) is 0 Å². The second-order valence-corrected chi connectivity index (χ2v) is 7.70. The summed E-state index contributed by atoms with van der Waals surface area (Å²) in [4.78, 5) is 24.4. The predicted octanol–water partition coefficient (Wildman–Crippen LogP) is 5.93. The molecule has 7 nitrogen and oxygen atoms in total. The fraction of sp³-hybridized carbons (Fsp3) is 0.308. The lowest BCUT2D eigenvalue weighted by Crippen LogP contribution is -2.21. The first-order valence-corrected chi connectivity index (χ1v) is 11.4. The van der Waals surface area contributed by atoms with Crippen LogP contribution < -0.4 is 20.7 Å². The van der Waals surface area contributed by atoms with Crippen LogP contribution in [0.5, 0.6) is 5.75 Å². The normalized spacial score (nSPS) is 10.5. The molecule has 0 aliphatic carbocycles. The molecule has 1 heterocycles. The molecule has 0 saturated heterocycles. The van der Waals surface area contributed by atoms with Gasteiger partial charge in [0.25, 0.3) is 5.91 Å². The molecule has 1 aromatic heterocycles. The summed E-state index contributed by atoms with van der Waals surface area (Å²) in [6, 6.07) is 17.8. The quantitative estimate of drug-likeness (QED) is 0.281. The highest BCUT2D eigenvalue weighted by atomic mass is 16.5. The van der Waals surface area contributed by atoms with E-state index in [0.717, 1.165) is 12.2 Å². The summed E-state index contributed by atoms with van der Waals surface area (Å²) in [6.45, 7) is 3.00. The maximum absolute atomic E-state index is 12.3. The average molecular weight is 450 g/mol. The number of benzene rings is 2. The Morgan fingerprint density at radius 1 is 0.848 bits per heavy atom. The van der Waals surface area contributed by atoms with Crippen LogP contribution in [0.3, 0.4) is 0 Å². The van der Waals surface area contributed by atoms with Crippen molar-refractivity contribution in [2.45, 2.75) is 39.0 Å². The van der Waals surface area contributed by atoms with Crippen molar-refractivity contribution < 1.29 is 18.7 Å². The van der Waals surface area contributed by atoms with Gasteiger partial charge in [-0.05, 0) is 61.0 Å². The number of ether oxygens (including phenoxy) is 1. The fourth-order valence-electron chi connectivity index (χ4n) is 3.23. The maximum Gasteiger partial charge on any atom is 0.291 e. The third-order valence-electron chi connectivity index (χ3n) is 4.97. The molecule has 3 aromatic rings. The lowest BCUT2D eigenvalue weighted by molar-refractivity contribution is -0.114. The van der Waals surface area contributed by atoms with Crippen LogP contribution in [0.15, 0.2) is 71.3 Å². The molecular formula is C26H31N3O4. The topological polar surface area (TPSA) is 92.6 Å². The van der Waals surface area contributed by atoms with Crippen molar-refractivity contribution in [3.8, 4) is 5.75 Å². The molecule has 0 unspecified atom stereocenters. The Balaban J connectivity index is 1.40. The minimum Gasteiger partial charge on any atom is -0.494 e. The van der Waals surface area contributed by atoms with Crippen LogP contribution in [0.1, 0.15) is 49.6 Å². The molecule has 2 aromatic carbocycles. The summed E-state index contributed by atoms with van der Waals surface area (Å²) < 4.78 is 10.8. The average Bonchev–Trinajstić information content (AvgIpc) is 3.37. The molecular weight excluding hydrogens is 418 g/mol. The zero-order valence-corrected chi connectivity index (χ0v) is 18.9. The van der Waals surface area contributed by atoms with Crippen molar-refractivity contribution in [2.75, 3.05) is 29.1 Å². The van der Waals surface area contributed by atoms with Gasteiger partial charge in [-0.3, -0.25) is 9.59 Å². The Bertz CT molecular complexity index is 1000. The van der Waals surface area contributed by atoms with Crippen LogP contribution in [-0.2, 0) is 4.79 Å². The van der Waals surface area contributed by atoms with Crippen molar-refractivity contribution in [1.82, 2.24) is 0 Å². The SMILES string of the molecule is CCCCCCCOc1ccc(NC(=O)CNc2cccc(NC(=O)c3ccco3)c2)cc1. The van der Waals surface area contributed by atoms with Gasteiger partial charge in [-0.2, -0.15) is 0 Å². The van der Waals surface area contributed by atoms with Crippen molar-refractivity contribution in [2.24, 2.45) is 0 Å². The minimum atomic E-state index is -0.334. The van der Waals surface area contributed by atoms with E-state index in [-0.39, 0.29) is 24.1 Å². The van der Waals surface area contributed by atoms with Crippen molar-refractivity contribution in [1.29, 1.82) is 0 Å². The molecule has 0 radical (unpaired) electrons. The van der Waals surface area contributed by atoms with E-state index in [0.29, 0.717) is 23.7 Å². The molecule has 0 aliphatic rings. The number of amides is 2. The fourth-order valence-corrected chi connectivity index (χ4v) is 3.23. The standard InChI is InChI=1S/C26H31N3O4/c1-2-3-4-5-6-16-32-23-14-12-20(13-15-23)28-25(30)19-27-21-9-7-10-22(18-21)29-26(31)24-11-8-17-33-24/h7-15,17-18,27H,2-6,16,19H2,1H3,(H,28,30)(H,29,31). The van der Waals surface area contributed by atoms with E-state index < -0.39 is 0 Å². The Morgan fingerprint density at radius 3 is 2.39 bits per heavy atom. The largest absolute Gasteiger partial charge is 0.494 e. The van der Waals surface area contributed by atoms with E-state index in [1.54, 1.807) is 30.3 Å². The van der Waals surface area contributed by atoms with Crippen LogP contribution in [0.4, 0.5) is 17.1 Å². The molecule has 0 spiro atoms. The van der Waals surface area contributed by atoms with E-state index >= 15 is 0 Å². The molecule has 33 heavy (non-hydrogen) atoms. The first-order chi connectivity index (χ1) is 16.1. The number of hydrogen-bond donors (Lipinski definition) is 3. The van der Waals surface area contributed by atoms with Gasteiger partial charge < -0.3 is 25.1 Å². The summed E-state index contributed by atoms with van der Waals surface area (Å²) in [7, 11) is 0. The van der Waals surface area contributed by atoms with Crippen molar-refractivity contribution >= 4 is 28.9 Å². The van der Waals surface area contributed by atoms with Gasteiger partial charge >= 0.3 is 0 Å². The van der Waals surface area contributed by atoms with Crippen molar-refractivity contribution in [3.05, 3.63) is 72.7 Å². The highest BCUT2D eigenvalue weighted by Crippen LogP contribution is 2.18. The molecule has 0 saturated carbocycles. The lowest BCUT2D eigenvalue weighted by Gasteiger charge is -2.10. The monoisotopic (exact) mass is 449 g/mol. The maximum atomic E-state index is 12.3. The van der Waals surface area contributed by atoms with Gasteiger partial charge in [0.15, 0.2) is 5.76 Å². The van der Waals surface area contributed by atoms with E-state index in [2.05, 4.69) is 22.9 Å². The number of unbranched alkanes of at least 4 members (excludes halogenated alkanes) is 4. The smallest absolute Gasteiger partial charge is 0.291 e. The highest BCUT2D eigenvalue weighted by molar-refractivity contribution is 6.02. The van der Waals surface area contributed by atoms with Crippen LogP contribution in [0, 0.1) is 0 Å². The zero-order chi connectivity index (χ0) is 23.3. The van der Waals surface area contributed by atoms with E-state index in [1.807, 2.05) is 30.3 Å². The van der Waals surface area contributed by atoms with E-state index in [4.69, 9.17) is 9.15 Å². The molecule has 0 atom stereocenters. The first kappa shape index (κ1) is 23.9. The van der Waals surface area contributed by atoms with Gasteiger partial charge in [0.05, 0.1) is 19.4 Å². The number of anilines is 3. The number of furan rings is 1. The second-order valence-electron chi connectivity index (χ2n) is 7.70. The highest BCUT2D eigenvalue weighted by Gasteiger charge is 2.09. The summed E-state index contributed by atoms with van der Waals surface area (Å²) in [5.41, 5.74) is 2.02. The van der Waals surface area contributed by atoms with Gasteiger partial charge in [-0.1, -0.05) is 38.7 Å². The molecule has 7 heteroatoms. The van der Waals surface area contributed by atoms with Gasteiger partial charge in [-0.25, -0.2) is 0 Å². The Morgan fingerprint density at radius 2 is 1.64 bits per heavy atom. The molecule has 2 amide bonds. The lowest BCUT2D eigenvalue weighted by atomic mass is 10.2. The first-order valence-electron chi connectivity index (χ1n) is 11.4. The third kappa shape index (κ3) is 8.37. The minimum absolute atomic E-state index is 0.0889. The van der Waals surface area contributed by atoms with Gasteiger partial charge in [0, 0.05) is 17.1 Å². The summed E-state index contributed by atoms with van der Waals surface area (Å²) >= 11 is 0. The number of hydrogen-bond acceptors (Lipinski definition) is 5. The summed E-state index contributed by atoms with van der Waals surface area (Å²) in [5, 5.41) is 8.68. The molecule has 174 valence electrons. The van der Waals surface area contributed by atoms with E-state index in [1.165, 1.54) is 31.9 Å². The van der Waals surface area contributed by atoms with Gasteiger partial charge in [-0.15, -0.1) is 0 Å². The van der Waals surface area contributed by atoms with Gasteiger partial charge in [0.1, 0.15) is 5.75 Å². The molecule has 0 aliphatic heterocycles. The van der Waals surface area contributed by atoms with Gasteiger partial charge in [0.2, 0.25) is 5.91 Å². The third-order valence-corrected chi connectivity index (χ3v) is 4.97. The zero-order valence-electron chi connectivity index (χ0n) is 18.9. The molecule has 3 rings (SSSR count). The van der Waals surface area contributed by atoms with Crippen LogP contribution in [-0.4, -0.2) is 25.0 Å². The van der Waals surface area contributed by atoms with Crippen LogP contribution in [0.25, 0.3) is 0 Å². The Kier molecular flexibility index (Phi) is 9.39. The summed E-state index contributed by atoms with van der Waals surface area (Å²) in [6.07, 6.45) is 7.45. The van der Waals surface area contributed by atoms with Crippen LogP contribution >= 0.6 is 0 Å². The summed E-state index contributed by atoms with van der Waals surface area (Å²) in [5.74, 6) is 0.523. The molecule has 0 bridgehead atoms. The predicted molar refractivity (Wildman–Crippen MR) is 131 cm³/mol. The van der Waals surface area contributed by atoms with Crippen molar-refractivity contribution in [3.63, 3.8) is 0 Å². The molecule has 3 N–H and O–H groups in total. The molecule has 0 fully saturated rings. The number of rotatable bonds is 13. The Labute approximate surface area is 194 Å². The number of nitrogens with one attached hydrogen (secondary N) is 3. The number of carbonyl (C=O) groups is 2. The number of carbonyl (C=O) groups excluding carboxylic acids is 2. The second kappa shape index (κ2) is 13.0.